The van der Waals surface area contributed by atoms with Crippen LogP contribution >= 0.6 is 0 Å². The molecule has 1 N–H and O–H groups in total. The van der Waals surface area contributed by atoms with Gasteiger partial charge in [-0.3, -0.25) is 0 Å². The van der Waals surface area contributed by atoms with E-state index in [1.54, 1.807) is 6.92 Å². The number of hydrogen-bond acceptors (Lipinski definition) is 3. The third kappa shape index (κ3) is 2.76. The van der Waals surface area contributed by atoms with Crippen LogP contribution in [0.3, 0.4) is 0 Å². The molecule has 2 rings (SSSR count). The Morgan fingerprint density at radius 3 is 3.00 bits per heavy atom. The van der Waals surface area contributed by atoms with Gasteiger partial charge in [-0.25, -0.2) is 17.5 Å². The topological polar surface area (TPSA) is 55.4 Å². The predicted molar refractivity (Wildman–Crippen MR) is 61.8 cm³/mol. The highest BCUT2D eigenvalue weighted by Gasteiger charge is 2.25. The Bertz CT molecular complexity index is 515. The van der Waals surface area contributed by atoms with Gasteiger partial charge in [0.1, 0.15) is 11.6 Å². The van der Waals surface area contributed by atoms with Gasteiger partial charge >= 0.3 is 0 Å². The first-order chi connectivity index (χ1) is 8.02. The standard InChI is InChI=1S/C11H14FNO3S/c1-2-17(14,15)13-10-5-6-16-11-4-3-8(12)7-9(10)11/h3-4,7,10,13H,2,5-6H2,1H3. The van der Waals surface area contributed by atoms with Crippen molar-refractivity contribution in [3.63, 3.8) is 0 Å². The molecule has 94 valence electrons. The van der Waals surface area contributed by atoms with Crippen molar-refractivity contribution in [3.8, 4) is 5.75 Å². The fourth-order valence-corrected chi connectivity index (χ4v) is 2.63. The van der Waals surface area contributed by atoms with E-state index < -0.39 is 21.9 Å². The maximum Gasteiger partial charge on any atom is 0.211 e. The van der Waals surface area contributed by atoms with Gasteiger partial charge in [-0.05, 0) is 25.1 Å². The molecule has 1 aromatic carbocycles. The van der Waals surface area contributed by atoms with E-state index in [4.69, 9.17) is 4.74 Å². The summed E-state index contributed by atoms with van der Waals surface area (Å²) < 4.78 is 44.1. The maximum atomic E-state index is 13.1. The Hall–Kier alpha value is -1.14. The molecule has 1 heterocycles. The lowest BCUT2D eigenvalue weighted by atomic mass is 10.0. The Balaban J connectivity index is 2.31. The summed E-state index contributed by atoms with van der Waals surface area (Å²) in [6.45, 7) is 1.99. The second-order valence-electron chi connectivity index (χ2n) is 3.89. The number of fused-ring (bicyclic) bond motifs is 1. The van der Waals surface area contributed by atoms with Gasteiger partial charge in [-0.2, -0.15) is 0 Å². The zero-order valence-electron chi connectivity index (χ0n) is 9.44. The largest absolute Gasteiger partial charge is 0.493 e. The Labute approximate surface area is 99.8 Å². The molecule has 0 radical (unpaired) electrons. The van der Waals surface area contributed by atoms with Crippen LogP contribution in [0.25, 0.3) is 0 Å². The molecule has 0 aliphatic carbocycles. The second kappa shape index (κ2) is 4.62. The minimum Gasteiger partial charge on any atom is -0.493 e. The van der Waals surface area contributed by atoms with E-state index in [0.29, 0.717) is 24.3 Å². The van der Waals surface area contributed by atoms with Crippen LogP contribution in [-0.4, -0.2) is 20.8 Å². The molecule has 0 aromatic heterocycles. The molecule has 1 aliphatic rings. The molecular formula is C11H14FNO3S. The van der Waals surface area contributed by atoms with Crippen molar-refractivity contribution >= 4 is 10.0 Å². The molecule has 0 saturated carbocycles. The highest BCUT2D eigenvalue weighted by atomic mass is 32.2. The van der Waals surface area contributed by atoms with Gasteiger partial charge in [-0.15, -0.1) is 0 Å². The van der Waals surface area contributed by atoms with E-state index >= 15 is 0 Å². The number of rotatable bonds is 3. The van der Waals surface area contributed by atoms with Gasteiger partial charge in [0, 0.05) is 12.0 Å². The molecule has 0 saturated heterocycles. The number of benzene rings is 1. The molecule has 4 nitrogen and oxygen atoms in total. The summed E-state index contributed by atoms with van der Waals surface area (Å²) in [6.07, 6.45) is 0.510. The average Bonchev–Trinajstić information content (AvgIpc) is 2.30. The predicted octanol–water partition coefficient (Wildman–Crippen LogP) is 1.59. The van der Waals surface area contributed by atoms with Crippen molar-refractivity contribution in [2.75, 3.05) is 12.4 Å². The van der Waals surface area contributed by atoms with Crippen molar-refractivity contribution in [1.82, 2.24) is 4.72 Å². The highest BCUT2D eigenvalue weighted by molar-refractivity contribution is 7.89. The average molecular weight is 259 g/mol. The maximum absolute atomic E-state index is 13.1. The fraction of sp³-hybridized carbons (Fsp3) is 0.455. The van der Waals surface area contributed by atoms with E-state index in [0.717, 1.165) is 0 Å². The van der Waals surface area contributed by atoms with Crippen LogP contribution in [0.4, 0.5) is 4.39 Å². The van der Waals surface area contributed by atoms with Crippen molar-refractivity contribution in [1.29, 1.82) is 0 Å². The van der Waals surface area contributed by atoms with E-state index in [2.05, 4.69) is 4.72 Å². The van der Waals surface area contributed by atoms with Crippen LogP contribution < -0.4 is 9.46 Å². The van der Waals surface area contributed by atoms with E-state index in [1.165, 1.54) is 18.2 Å². The van der Waals surface area contributed by atoms with Crippen LogP contribution in [0.15, 0.2) is 18.2 Å². The van der Waals surface area contributed by atoms with Gasteiger partial charge in [0.05, 0.1) is 18.4 Å². The quantitative estimate of drug-likeness (QED) is 0.896. The minimum atomic E-state index is -3.30. The highest BCUT2D eigenvalue weighted by Crippen LogP contribution is 2.32. The van der Waals surface area contributed by atoms with Crippen LogP contribution in [0.2, 0.25) is 0 Å². The molecule has 1 unspecified atom stereocenters. The number of nitrogens with one attached hydrogen (secondary N) is 1. The normalized spacial score (nSPS) is 19.5. The molecule has 17 heavy (non-hydrogen) atoms. The molecule has 1 aromatic rings. The van der Waals surface area contributed by atoms with Crippen molar-refractivity contribution in [2.45, 2.75) is 19.4 Å². The first-order valence-corrected chi connectivity index (χ1v) is 7.09. The second-order valence-corrected chi connectivity index (χ2v) is 5.94. The van der Waals surface area contributed by atoms with Gasteiger partial charge in [0.2, 0.25) is 10.0 Å². The molecule has 0 spiro atoms. The summed E-state index contributed by atoms with van der Waals surface area (Å²) in [5.41, 5.74) is 0.563. The molecule has 0 fully saturated rings. The van der Waals surface area contributed by atoms with Crippen LogP contribution in [-0.2, 0) is 10.0 Å². The van der Waals surface area contributed by atoms with Crippen molar-refractivity contribution in [2.24, 2.45) is 0 Å². The first kappa shape index (κ1) is 12.3. The van der Waals surface area contributed by atoms with Crippen LogP contribution in [0.1, 0.15) is 24.9 Å². The number of sulfonamides is 1. The molecule has 1 aliphatic heterocycles. The summed E-state index contributed by atoms with van der Waals surface area (Å²) in [5.74, 6) is 0.158. The van der Waals surface area contributed by atoms with Crippen molar-refractivity contribution < 1.29 is 17.5 Å². The Kier molecular flexibility index (Phi) is 3.35. The number of hydrogen-bond donors (Lipinski definition) is 1. The van der Waals surface area contributed by atoms with E-state index in [-0.39, 0.29) is 5.75 Å². The number of halogens is 1. The van der Waals surface area contributed by atoms with Crippen LogP contribution in [0.5, 0.6) is 5.75 Å². The lowest BCUT2D eigenvalue weighted by molar-refractivity contribution is 0.262. The first-order valence-electron chi connectivity index (χ1n) is 5.44. The summed E-state index contributed by atoms with van der Waals surface area (Å²) in [4.78, 5) is 0. The van der Waals surface area contributed by atoms with Crippen LogP contribution in [0, 0.1) is 5.82 Å². The SMILES string of the molecule is CCS(=O)(=O)NC1CCOc2ccc(F)cc21. The third-order valence-corrected chi connectivity index (χ3v) is 4.12. The fourth-order valence-electron chi connectivity index (χ4n) is 1.79. The van der Waals surface area contributed by atoms with Gasteiger partial charge in [-0.1, -0.05) is 0 Å². The third-order valence-electron chi connectivity index (χ3n) is 2.71. The van der Waals surface area contributed by atoms with Gasteiger partial charge in [0.25, 0.3) is 0 Å². The zero-order chi connectivity index (χ0) is 12.5. The summed E-state index contributed by atoms with van der Waals surface area (Å²) in [5, 5.41) is 0. The molecular weight excluding hydrogens is 245 g/mol. The lowest BCUT2D eigenvalue weighted by Gasteiger charge is -2.26. The van der Waals surface area contributed by atoms with Crippen molar-refractivity contribution in [3.05, 3.63) is 29.6 Å². The summed E-state index contributed by atoms with van der Waals surface area (Å²) >= 11 is 0. The smallest absolute Gasteiger partial charge is 0.211 e. The molecule has 0 bridgehead atoms. The van der Waals surface area contributed by atoms with Gasteiger partial charge < -0.3 is 4.74 Å². The molecule has 1 atom stereocenters. The monoisotopic (exact) mass is 259 g/mol. The Morgan fingerprint density at radius 1 is 1.53 bits per heavy atom. The molecule has 6 heteroatoms. The summed E-state index contributed by atoms with van der Waals surface area (Å²) in [7, 11) is -3.30. The van der Waals surface area contributed by atoms with E-state index in [9.17, 15) is 12.8 Å². The minimum absolute atomic E-state index is 0.00893. The number of ether oxygens (including phenoxy) is 1. The molecule has 0 amide bonds. The Morgan fingerprint density at radius 2 is 2.29 bits per heavy atom. The van der Waals surface area contributed by atoms with E-state index in [1.807, 2.05) is 0 Å². The lowest BCUT2D eigenvalue weighted by Crippen LogP contribution is -2.33. The zero-order valence-corrected chi connectivity index (χ0v) is 10.3. The van der Waals surface area contributed by atoms with Gasteiger partial charge in [0.15, 0.2) is 0 Å². The summed E-state index contributed by atoms with van der Waals surface area (Å²) in [6, 6.07) is 3.74.